The van der Waals surface area contributed by atoms with Crippen LogP contribution in [0.2, 0.25) is 0 Å². The fourth-order valence-corrected chi connectivity index (χ4v) is 5.93. The van der Waals surface area contributed by atoms with Crippen LogP contribution in [0.3, 0.4) is 0 Å². The van der Waals surface area contributed by atoms with E-state index in [1.54, 1.807) is 6.92 Å². The summed E-state index contributed by atoms with van der Waals surface area (Å²) in [5.41, 5.74) is 1.71. The number of carbonyl (C=O) groups excluding carboxylic acids is 2. The van der Waals surface area contributed by atoms with Gasteiger partial charge in [-0.1, -0.05) is 88.1 Å². The molecule has 2 rings (SSSR count). The second-order valence-corrected chi connectivity index (χ2v) is 11.9. The Morgan fingerprint density at radius 3 is 2.45 bits per heavy atom. The molecule has 0 heterocycles. The van der Waals surface area contributed by atoms with Crippen molar-refractivity contribution in [1.82, 2.24) is 0 Å². The Hall–Kier alpha value is -2.44. The maximum absolute atomic E-state index is 13.0. The first-order chi connectivity index (χ1) is 20.3. The van der Waals surface area contributed by atoms with Gasteiger partial charge < -0.3 is 19.7 Å². The number of unbranched alkanes of at least 4 members (excludes halogenated alkanes) is 6. The van der Waals surface area contributed by atoms with Crippen LogP contribution in [-0.4, -0.2) is 47.1 Å². The van der Waals surface area contributed by atoms with Gasteiger partial charge in [0.05, 0.1) is 18.8 Å². The minimum atomic E-state index is -0.578. The summed E-state index contributed by atoms with van der Waals surface area (Å²) in [6, 6.07) is 10.2. The molecule has 236 valence electrons. The summed E-state index contributed by atoms with van der Waals surface area (Å²) in [6.45, 7) is 8.40. The molecule has 0 saturated heterocycles. The third-order valence-electron chi connectivity index (χ3n) is 8.45. The molecule has 2 N–H and O–H groups in total. The molecule has 6 heteroatoms. The number of carbonyl (C=O) groups is 2. The molecule has 1 aliphatic carbocycles. The molecular weight excluding hydrogens is 528 g/mol. The van der Waals surface area contributed by atoms with Crippen molar-refractivity contribution in [3.8, 4) is 0 Å². The Labute approximate surface area is 254 Å². The maximum atomic E-state index is 13.0. The van der Waals surface area contributed by atoms with Crippen LogP contribution in [0.1, 0.15) is 116 Å². The Morgan fingerprint density at radius 1 is 0.976 bits per heavy atom. The fraction of sp³-hybridized carbons (Fsp3) is 0.667. The summed E-state index contributed by atoms with van der Waals surface area (Å²) < 4.78 is 11.0. The predicted octanol–water partition coefficient (Wildman–Crippen LogP) is 7.66. The van der Waals surface area contributed by atoms with Gasteiger partial charge in [-0.25, -0.2) is 4.79 Å². The summed E-state index contributed by atoms with van der Waals surface area (Å²) >= 11 is 0. The molecular formula is C36H56O6. The van der Waals surface area contributed by atoms with Crippen molar-refractivity contribution in [1.29, 1.82) is 0 Å². The lowest BCUT2D eigenvalue weighted by Crippen LogP contribution is -2.27. The number of allylic oxidation sites excluding steroid dienone is 2. The number of esters is 2. The lowest BCUT2D eigenvalue weighted by atomic mass is 9.85. The lowest BCUT2D eigenvalue weighted by Gasteiger charge is -2.26. The van der Waals surface area contributed by atoms with Gasteiger partial charge in [-0.3, -0.25) is 4.79 Å². The van der Waals surface area contributed by atoms with Crippen molar-refractivity contribution in [2.45, 2.75) is 135 Å². The molecule has 0 spiro atoms. The zero-order valence-corrected chi connectivity index (χ0v) is 26.2. The van der Waals surface area contributed by atoms with Gasteiger partial charge in [0.2, 0.25) is 0 Å². The molecule has 0 radical (unpaired) electrons. The molecule has 1 aliphatic rings. The van der Waals surface area contributed by atoms with Crippen molar-refractivity contribution >= 4 is 11.9 Å². The minimum Gasteiger partial charge on any atom is -0.466 e. The van der Waals surface area contributed by atoms with E-state index >= 15 is 0 Å². The third-order valence-corrected chi connectivity index (χ3v) is 8.45. The summed E-state index contributed by atoms with van der Waals surface area (Å²) in [7, 11) is 0. The van der Waals surface area contributed by atoms with E-state index in [-0.39, 0.29) is 23.8 Å². The molecule has 1 aromatic rings. The zero-order chi connectivity index (χ0) is 30.6. The normalized spacial score (nSPS) is 21.0. The number of ether oxygens (including phenoxy) is 2. The van der Waals surface area contributed by atoms with E-state index in [1.165, 1.54) is 31.2 Å². The fourth-order valence-electron chi connectivity index (χ4n) is 5.93. The number of hydrogen-bond acceptors (Lipinski definition) is 6. The van der Waals surface area contributed by atoms with Crippen molar-refractivity contribution in [2.75, 3.05) is 6.61 Å². The van der Waals surface area contributed by atoms with Gasteiger partial charge in [0.1, 0.15) is 6.10 Å². The zero-order valence-electron chi connectivity index (χ0n) is 26.2. The standard InChI is InChI=1S/C36H56O6/c1-4-6-7-8-9-13-18-28(3)36(40)42-34-27-33(38)31(21-16-10-11-17-22-35(39)41-5-2)32(34)26-25-30(37)24-23-29-19-14-12-15-20-29/h10,12,14-16,19-20,30-34,37-38H,3-9,11,13,17-18,21-27H2,1-2H3/b16-10-/t30-,31+,32+,33-,34+/m0/s1. The van der Waals surface area contributed by atoms with Gasteiger partial charge >= 0.3 is 11.9 Å². The topological polar surface area (TPSA) is 93.1 Å². The number of aliphatic hydroxyl groups is 2. The Balaban J connectivity index is 1.92. The average Bonchev–Trinajstić information content (AvgIpc) is 3.27. The first-order valence-electron chi connectivity index (χ1n) is 16.4. The molecule has 1 aromatic carbocycles. The van der Waals surface area contributed by atoms with Gasteiger partial charge in [-0.15, -0.1) is 0 Å². The van der Waals surface area contributed by atoms with Crippen LogP contribution in [0.5, 0.6) is 0 Å². The smallest absolute Gasteiger partial charge is 0.333 e. The van der Waals surface area contributed by atoms with E-state index in [4.69, 9.17) is 9.47 Å². The van der Waals surface area contributed by atoms with Crippen molar-refractivity contribution < 1.29 is 29.3 Å². The highest BCUT2D eigenvalue weighted by atomic mass is 16.5. The van der Waals surface area contributed by atoms with Crippen LogP contribution in [0.4, 0.5) is 0 Å². The quantitative estimate of drug-likeness (QED) is 0.0629. The van der Waals surface area contributed by atoms with E-state index in [9.17, 15) is 19.8 Å². The molecule has 0 bridgehead atoms. The van der Waals surface area contributed by atoms with E-state index in [1.807, 2.05) is 18.2 Å². The molecule has 0 amide bonds. The highest BCUT2D eigenvalue weighted by Gasteiger charge is 2.43. The van der Waals surface area contributed by atoms with Crippen molar-refractivity contribution in [3.63, 3.8) is 0 Å². The first-order valence-corrected chi connectivity index (χ1v) is 16.4. The van der Waals surface area contributed by atoms with Gasteiger partial charge in [0, 0.05) is 24.3 Å². The van der Waals surface area contributed by atoms with Crippen LogP contribution < -0.4 is 0 Å². The Kier molecular flexibility index (Phi) is 18.1. The lowest BCUT2D eigenvalue weighted by molar-refractivity contribution is -0.147. The average molecular weight is 585 g/mol. The number of aryl methyl sites for hydroxylation is 1. The molecule has 6 nitrogen and oxygen atoms in total. The van der Waals surface area contributed by atoms with Crippen molar-refractivity contribution in [3.05, 3.63) is 60.2 Å². The Bertz CT molecular complexity index is 926. The van der Waals surface area contributed by atoms with Crippen molar-refractivity contribution in [2.24, 2.45) is 11.8 Å². The van der Waals surface area contributed by atoms with Crippen LogP contribution in [0.15, 0.2) is 54.6 Å². The summed E-state index contributed by atoms with van der Waals surface area (Å²) in [5, 5.41) is 21.8. The number of aliphatic hydroxyl groups excluding tert-OH is 2. The van der Waals surface area contributed by atoms with E-state index in [0.29, 0.717) is 57.1 Å². The van der Waals surface area contributed by atoms with E-state index < -0.39 is 18.3 Å². The number of hydrogen-bond donors (Lipinski definition) is 2. The first kappa shape index (κ1) is 35.8. The van der Waals surface area contributed by atoms with Gasteiger partial charge in [-0.2, -0.15) is 0 Å². The second kappa shape index (κ2) is 21.3. The highest BCUT2D eigenvalue weighted by Crippen LogP contribution is 2.40. The molecule has 1 saturated carbocycles. The molecule has 0 aliphatic heterocycles. The van der Waals surface area contributed by atoms with Crippen LogP contribution in [-0.2, 0) is 25.5 Å². The van der Waals surface area contributed by atoms with Gasteiger partial charge in [-0.05, 0) is 76.2 Å². The van der Waals surface area contributed by atoms with Gasteiger partial charge in [0.15, 0.2) is 0 Å². The molecule has 42 heavy (non-hydrogen) atoms. The van der Waals surface area contributed by atoms with E-state index in [0.717, 1.165) is 32.1 Å². The van der Waals surface area contributed by atoms with Crippen LogP contribution in [0.25, 0.3) is 0 Å². The second-order valence-electron chi connectivity index (χ2n) is 11.9. The molecule has 0 unspecified atom stereocenters. The summed E-state index contributed by atoms with van der Waals surface area (Å²) in [6.07, 6.45) is 15.9. The van der Waals surface area contributed by atoms with E-state index in [2.05, 4.69) is 37.8 Å². The summed E-state index contributed by atoms with van der Waals surface area (Å²) in [5.74, 6) is -0.630. The molecule has 0 aromatic heterocycles. The minimum absolute atomic E-state index is 0.0404. The SMILES string of the molecule is C=C(CCCCCCCC)C(=O)O[C@@H]1C[C@H](O)[C@H](C/C=C\CCCC(=O)OCC)[C@H]1CC[C@@H](O)CCc1ccccc1. The monoisotopic (exact) mass is 584 g/mol. The van der Waals surface area contributed by atoms with Gasteiger partial charge in [0.25, 0.3) is 0 Å². The number of rotatable bonds is 22. The number of benzene rings is 1. The largest absolute Gasteiger partial charge is 0.466 e. The maximum Gasteiger partial charge on any atom is 0.333 e. The van der Waals surface area contributed by atoms with Crippen LogP contribution in [0, 0.1) is 11.8 Å². The third kappa shape index (κ3) is 14.2. The molecule has 1 fully saturated rings. The molecule has 5 atom stereocenters. The Morgan fingerprint density at radius 2 is 1.71 bits per heavy atom. The summed E-state index contributed by atoms with van der Waals surface area (Å²) in [4.78, 5) is 24.5. The highest BCUT2D eigenvalue weighted by molar-refractivity contribution is 5.87. The van der Waals surface area contributed by atoms with Crippen LogP contribution >= 0.6 is 0 Å². The predicted molar refractivity (Wildman–Crippen MR) is 169 cm³/mol.